The molecule has 0 aromatic carbocycles. The van der Waals surface area contributed by atoms with E-state index in [1.807, 2.05) is 0 Å². The van der Waals surface area contributed by atoms with Crippen LogP contribution in [0.2, 0.25) is 0 Å². The van der Waals surface area contributed by atoms with Gasteiger partial charge in [0.2, 0.25) is 0 Å². The summed E-state index contributed by atoms with van der Waals surface area (Å²) < 4.78 is 15.5. The van der Waals surface area contributed by atoms with Crippen LogP contribution in [0.15, 0.2) is 12.3 Å². The predicted octanol–water partition coefficient (Wildman–Crippen LogP) is 1.59. The molecule has 0 bridgehead atoms. The van der Waals surface area contributed by atoms with Crippen molar-refractivity contribution in [1.82, 2.24) is 0 Å². The van der Waals surface area contributed by atoms with Gasteiger partial charge in [-0.05, 0) is 20.8 Å². The predicted molar refractivity (Wildman–Crippen MR) is 60.3 cm³/mol. The molecule has 16 heavy (non-hydrogen) atoms. The highest BCUT2D eigenvalue weighted by Gasteiger charge is 2.48. The van der Waals surface area contributed by atoms with E-state index in [9.17, 15) is 9.59 Å². The molecule has 0 heterocycles. The van der Waals surface area contributed by atoms with Crippen LogP contribution in [0, 0.1) is 0 Å². The Morgan fingerprint density at radius 2 is 1.50 bits per heavy atom. The van der Waals surface area contributed by atoms with Crippen molar-refractivity contribution in [2.45, 2.75) is 40.2 Å². The average Bonchev–Trinajstić information content (AvgIpc) is 1.97. The lowest BCUT2D eigenvalue weighted by atomic mass is 10.2. The van der Waals surface area contributed by atoms with E-state index in [1.54, 1.807) is 20.8 Å². The highest BCUT2D eigenvalue weighted by molar-refractivity contribution is 6.69. The molecule has 0 unspecified atom stereocenters. The van der Waals surface area contributed by atoms with Crippen LogP contribution < -0.4 is 0 Å². The quantitative estimate of drug-likeness (QED) is 0.705. The van der Waals surface area contributed by atoms with Crippen LogP contribution in [0.4, 0.5) is 0 Å². The Balaban J connectivity index is 5.02. The van der Waals surface area contributed by atoms with Crippen molar-refractivity contribution in [2.75, 3.05) is 0 Å². The average molecular weight is 246 g/mol. The molecule has 0 spiro atoms. The van der Waals surface area contributed by atoms with E-state index in [0.29, 0.717) is 0 Å². The van der Waals surface area contributed by atoms with Gasteiger partial charge in [0.15, 0.2) is 0 Å². The SMILES string of the molecule is C=C[Si](OC(C)=O)(OC(C)=O)OC(C)(C)C. The van der Waals surface area contributed by atoms with Gasteiger partial charge in [-0.2, -0.15) is 0 Å². The summed E-state index contributed by atoms with van der Waals surface area (Å²) in [6, 6.07) is 0. The molecule has 0 aliphatic rings. The molecule has 0 radical (unpaired) electrons. The summed E-state index contributed by atoms with van der Waals surface area (Å²) in [5.41, 5.74) is 0.659. The molecule has 0 aromatic heterocycles. The van der Waals surface area contributed by atoms with E-state index in [0.717, 1.165) is 0 Å². The summed E-state index contributed by atoms with van der Waals surface area (Å²) in [7, 11) is -3.47. The van der Waals surface area contributed by atoms with Crippen LogP contribution in [-0.2, 0) is 22.9 Å². The third-order valence-electron chi connectivity index (χ3n) is 1.27. The van der Waals surface area contributed by atoms with Crippen molar-refractivity contribution in [3.63, 3.8) is 0 Å². The maximum Gasteiger partial charge on any atom is 0.665 e. The van der Waals surface area contributed by atoms with Crippen molar-refractivity contribution >= 4 is 20.7 Å². The van der Waals surface area contributed by atoms with E-state index in [4.69, 9.17) is 13.3 Å². The second-order valence-electron chi connectivity index (χ2n) is 4.21. The topological polar surface area (TPSA) is 61.8 Å². The Kier molecular flexibility index (Phi) is 4.89. The van der Waals surface area contributed by atoms with Crippen molar-refractivity contribution in [2.24, 2.45) is 0 Å². The molecule has 0 fully saturated rings. The molecule has 0 aliphatic heterocycles. The van der Waals surface area contributed by atoms with Crippen LogP contribution in [0.5, 0.6) is 0 Å². The van der Waals surface area contributed by atoms with Crippen molar-refractivity contribution in [1.29, 1.82) is 0 Å². The van der Waals surface area contributed by atoms with Gasteiger partial charge in [0.25, 0.3) is 11.9 Å². The highest BCUT2D eigenvalue weighted by atomic mass is 28.4. The van der Waals surface area contributed by atoms with E-state index in [-0.39, 0.29) is 0 Å². The fourth-order valence-electron chi connectivity index (χ4n) is 1.01. The lowest BCUT2D eigenvalue weighted by Crippen LogP contribution is -2.51. The monoisotopic (exact) mass is 246 g/mol. The minimum Gasteiger partial charge on any atom is -0.461 e. The van der Waals surface area contributed by atoms with Gasteiger partial charge in [0, 0.05) is 19.5 Å². The van der Waals surface area contributed by atoms with Gasteiger partial charge in [-0.25, -0.2) is 0 Å². The molecule has 5 nitrogen and oxygen atoms in total. The lowest BCUT2D eigenvalue weighted by Gasteiger charge is -2.31. The molecule has 0 N–H and O–H groups in total. The molecule has 0 rings (SSSR count). The Morgan fingerprint density at radius 1 is 1.12 bits per heavy atom. The van der Waals surface area contributed by atoms with Crippen molar-refractivity contribution < 1.29 is 22.9 Å². The second kappa shape index (κ2) is 5.27. The van der Waals surface area contributed by atoms with Crippen molar-refractivity contribution in [3.8, 4) is 0 Å². The van der Waals surface area contributed by atoms with E-state index >= 15 is 0 Å². The number of hydrogen-bond donors (Lipinski definition) is 0. The third kappa shape index (κ3) is 5.67. The summed E-state index contributed by atoms with van der Waals surface area (Å²) in [5.74, 6) is -1.14. The van der Waals surface area contributed by atoms with Crippen LogP contribution >= 0.6 is 0 Å². The molecule has 92 valence electrons. The summed E-state index contributed by atoms with van der Waals surface area (Å²) >= 11 is 0. The largest absolute Gasteiger partial charge is 0.665 e. The Morgan fingerprint density at radius 3 is 1.69 bits per heavy atom. The maximum atomic E-state index is 11.0. The van der Waals surface area contributed by atoms with Gasteiger partial charge in [-0.15, -0.1) is 0 Å². The van der Waals surface area contributed by atoms with Crippen LogP contribution in [0.25, 0.3) is 0 Å². The van der Waals surface area contributed by atoms with Gasteiger partial charge >= 0.3 is 8.80 Å². The first-order valence-electron chi connectivity index (χ1n) is 4.83. The second-order valence-corrected chi connectivity index (χ2v) is 6.44. The first-order chi connectivity index (χ1) is 7.10. The van der Waals surface area contributed by atoms with Gasteiger partial charge in [0.05, 0.1) is 5.60 Å². The zero-order valence-corrected chi connectivity index (χ0v) is 11.3. The fourth-order valence-corrected chi connectivity index (χ4v) is 3.04. The molecular weight excluding hydrogens is 228 g/mol. The molecular formula is C10H18O5Si. The summed E-state index contributed by atoms with van der Waals surface area (Å²) in [6.45, 7) is 11.3. The third-order valence-corrected chi connectivity index (χ3v) is 3.81. The van der Waals surface area contributed by atoms with Gasteiger partial charge in [-0.3, -0.25) is 9.59 Å². The van der Waals surface area contributed by atoms with Gasteiger partial charge in [0.1, 0.15) is 0 Å². The molecule has 0 saturated heterocycles. The van der Waals surface area contributed by atoms with Gasteiger partial charge < -0.3 is 13.3 Å². The number of rotatable bonds is 4. The Labute approximate surface area is 96.7 Å². The number of carbonyl (C=O) groups excluding carboxylic acids is 2. The standard InChI is InChI=1S/C10H18O5Si/c1-7-16(13-8(2)11,14-9(3)12)15-10(4,5)6/h7H,1H2,2-6H3. The molecule has 0 saturated carbocycles. The molecule has 0 atom stereocenters. The van der Waals surface area contributed by atoms with Crippen LogP contribution in [0.3, 0.4) is 0 Å². The minimum absolute atomic E-state index is 0.572. The minimum atomic E-state index is -3.47. The summed E-state index contributed by atoms with van der Waals surface area (Å²) in [6.07, 6.45) is 0. The molecule has 0 aliphatic carbocycles. The highest BCUT2D eigenvalue weighted by Crippen LogP contribution is 2.20. The normalized spacial score (nSPS) is 11.8. The lowest BCUT2D eigenvalue weighted by molar-refractivity contribution is -0.144. The number of carbonyl (C=O) groups is 2. The van der Waals surface area contributed by atoms with E-state index in [2.05, 4.69) is 6.58 Å². The molecule has 0 aromatic rings. The molecule has 6 heteroatoms. The first-order valence-corrected chi connectivity index (χ1v) is 6.63. The maximum absolute atomic E-state index is 11.0. The van der Waals surface area contributed by atoms with Crippen LogP contribution in [-0.4, -0.2) is 26.3 Å². The van der Waals surface area contributed by atoms with E-state index in [1.165, 1.54) is 19.5 Å². The molecule has 0 amide bonds. The zero-order valence-electron chi connectivity index (χ0n) is 10.3. The zero-order chi connectivity index (χ0) is 13.0. The summed E-state index contributed by atoms with van der Waals surface area (Å²) in [5, 5.41) is 0. The van der Waals surface area contributed by atoms with Gasteiger partial charge in [-0.1, -0.05) is 6.58 Å². The Hall–Kier alpha value is -1.14. The Bertz CT molecular complexity index is 276. The number of hydrogen-bond acceptors (Lipinski definition) is 5. The smallest absolute Gasteiger partial charge is 0.461 e. The summed E-state index contributed by atoms with van der Waals surface area (Å²) in [4.78, 5) is 22.0. The van der Waals surface area contributed by atoms with Crippen LogP contribution in [0.1, 0.15) is 34.6 Å². The van der Waals surface area contributed by atoms with E-state index < -0.39 is 26.3 Å². The fraction of sp³-hybridized carbons (Fsp3) is 0.600. The first kappa shape index (κ1) is 14.9. The van der Waals surface area contributed by atoms with Crippen molar-refractivity contribution in [3.05, 3.63) is 12.3 Å².